The summed E-state index contributed by atoms with van der Waals surface area (Å²) in [6.07, 6.45) is 0.142. The van der Waals surface area contributed by atoms with Crippen molar-refractivity contribution < 1.29 is 14.6 Å². The average molecular weight is 278 g/mol. The summed E-state index contributed by atoms with van der Waals surface area (Å²) >= 11 is 0. The molecule has 0 radical (unpaired) electrons. The van der Waals surface area contributed by atoms with E-state index in [2.05, 4.69) is 10.1 Å². The van der Waals surface area contributed by atoms with Gasteiger partial charge in [-0.2, -0.15) is 4.98 Å². The fraction of sp³-hybridized carbons (Fsp3) is 0.333. The van der Waals surface area contributed by atoms with Gasteiger partial charge in [0, 0.05) is 24.2 Å². The lowest BCUT2D eigenvalue weighted by atomic mass is 10.0. The average Bonchev–Trinajstić information content (AvgIpc) is 2.86. The summed E-state index contributed by atoms with van der Waals surface area (Å²) in [5.41, 5.74) is 4.89. The van der Waals surface area contributed by atoms with Crippen LogP contribution in [0.1, 0.15) is 12.8 Å². The minimum Gasteiger partial charge on any atom is -0.388 e. The third-order valence-corrected chi connectivity index (χ3v) is 2.78. The molecule has 1 heterocycles. The van der Waals surface area contributed by atoms with Gasteiger partial charge in [0.1, 0.15) is 0 Å². The van der Waals surface area contributed by atoms with Crippen LogP contribution in [0.15, 0.2) is 28.8 Å². The number of benzene rings is 1. The molecular weight excluding hydrogens is 264 g/mol. The van der Waals surface area contributed by atoms with Crippen molar-refractivity contribution in [2.24, 2.45) is 5.73 Å². The maximum atomic E-state index is 10.6. The fourth-order valence-corrected chi connectivity index (χ4v) is 1.57. The molecule has 1 aromatic carbocycles. The van der Waals surface area contributed by atoms with E-state index in [9.17, 15) is 15.2 Å². The zero-order chi connectivity index (χ0) is 14.8. The van der Waals surface area contributed by atoms with Gasteiger partial charge in [-0.1, -0.05) is 5.16 Å². The molecule has 0 aliphatic carbocycles. The molecule has 8 heteroatoms. The molecule has 1 atom stereocenters. The first-order valence-corrected chi connectivity index (χ1v) is 5.91. The molecule has 8 nitrogen and oxygen atoms in total. The number of nitro groups is 1. The van der Waals surface area contributed by atoms with Crippen molar-refractivity contribution in [2.75, 3.05) is 6.54 Å². The Morgan fingerprint density at radius 1 is 1.45 bits per heavy atom. The Labute approximate surface area is 114 Å². The predicted molar refractivity (Wildman–Crippen MR) is 69.8 cm³/mol. The quantitative estimate of drug-likeness (QED) is 0.614. The minimum absolute atomic E-state index is 0.0106. The fourth-order valence-electron chi connectivity index (χ4n) is 1.57. The van der Waals surface area contributed by atoms with Crippen molar-refractivity contribution in [1.29, 1.82) is 0 Å². The van der Waals surface area contributed by atoms with Crippen LogP contribution in [0.5, 0.6) is 0 Å². The summed E-state index contributed by atoms with van der Waals surface area (Å²) in [7, 11) is 0. The molecule has 2 rings (SSSR count). The highest BCUT2D eigenvalue weighted by atomic mass is 16.6. The van der Waals surface area contributed by atoms with Crippen LogP contribution in [0.25, 0.3) is 11.4 Å². The Kier molecular flexibility index (Phi) is 3.77. The third kappa shape index (κ3) is 3.16. The summed E-state index contributed by atoms with van der Waals surface area (Å²) in [4.78, 5) is 14.2. The maximum Gasteiger partial charge on any atom is 0.269 e. The van der Waals surface area contributed by atoms with E-state index in [1.54, 1.807) is 6.92 Å². The van der Waals surface area contributed by atoms with Crippen LogP contribution in [0.2, 0.25) is 0 Å². The molecule has 0 fully saturated rings. The molecule has 1 unspecified atom stereocenters. The van der Waals surface area contributed by atoms with Gasteiger partial charge in [-0.05, 0) is 19.1 Å². The number of nitro benzene ring substituents is 1. The molecule has 0 aliphatic rings. The standard InChI is InChI=1S/C12H14N4O4/c1-12(17,7-13)6-10-14-11(15-20-10)8-2-4-9(5-3-8)16(18)19/h2-5,17H,6-7,13H2,1H3. The van der Waals surface area contributed by atoms with E-state index in [-0.39, 0.29) is 24.5 Å². The highest BCUT2D eigenvalue weighted by Gasteiger charge is 2.23. The van der Waals surface area contributed by atoms with E-state index in [1.807, 2.05) is 0 Å². The molecule has 2 aromatic rings. The molecular formula is C12H14N4O4. The van der Waals surface area contributed by atoms with Crippen LogP contribution in [-0.2, 0) is 6.42 Å². The van der Waals surface area contributed by atoms with Crippen LogP contribution in [0.3, 0.4) is 0 Å². The van der Waals surface area contributed by atoms with Crippen LogP contribution in [0, 0.1) is 10.1 Å². The predicted octanol–water partition coefficient (Wildman–Crippen LogP) is 0.897. The molecule has 20 heavy (non-hydrogen) atoms. The number of nitrogens with two attached hydrogens (primary N) is 1. The summed E-state index contributed by atoms with van der Waals surface area (Å²) in [6, 6.07) is 5.80. The van der Waals surface area contributed by atoms with Gasteiger partial charge in [0.25, 0.3) is 5.69 Å². The summed E-state index contributed by atoms with van der Waals surface area (Å²) in [6.45, 7) is 1.64. The van der Waals surface area contributed by atoms with E-state index < -0.39 is 10.5 Å². The van der Waals surface area contributed by atoms with Gasteiger partial charge in [-0.3, -0.25) is 10.1 Å². The first-order valence-electron chi connectivity index (χ1n) is 5.91. The lowest BCUT2D eigenvalue weighted by molar-refractivity contribution is -0.384. The molecule has 0 aliphatic heterocycles. The van der Waals surface area contributed by atoms with Crippen molar-refractivity contribution in [1.82, 2.24) is 10.1 Å². The second-order valence-electron chi connectivity index (χ2n) is 4.69. The summed E-state index contributed by atoms with van der Waals surface area (Å²) in [5, 5.41) is 24.2. The first-order chi connectivity index (χ1) is 9.41. The first kappa shape index (κ1) is 14.1. The molecule has 0 saturated carbocycles. The number of hydrogen-bond acceptors (Lipinski definition) is 7. The van der Waals surface area contributed by atoms with Crippen molar-refractivity contribution in [3.05, 3.63) is 40.3 Å². The topological polar surface area (TPSA) is 128 Å². The van der Waals surface area contributed by atoms with Gasteiger partial charge in [-0.25, -0.2) is 0 Å². The van der Waals surface area contributed by atoms with Gasteiger partial charge in [0.05, 0.1) is 16.9 Å². The van der Waals surface area contributed by atoms with Gasteiger partial charge in [-0.15, -0.1) is 0 Å². The van der Waals surface area contributed by atoms with E-state index in [4.69, 9.17) is 10.3 Å². The van der Waals surface area contributed by atoms with E-state index >= 15 is 0 Å². The van der Waals surface area contributed by atoms with Crippen LogP contribution < -0.4 is 5.73 Å². The van der Waals surface area contributed by atoms with Gasteiger partial charge < -0.3 is 15.4 Å². The summed E-state index contributed by atoms with van der Waals surface area (Å²) in [5.74, 6) is 0.566. The number of nitrogens with zero attached hydrogens (tertiary/aromatic N) is 3. The van der Waals surface area contributed by atoms with Crippen molar-refractivity contribution in [3.8, 4) is 11.4 Å². The second kappa shape index (κ2) is 5.35. The van der Waals surface area contributed by atoms with Crippen LogP contribution in [0.4, 0.5) is 5.69 Å². The van der Waals surface area contributed by atoms with Crippen molar-refractivity contribution >= 4 is 5.69 Å². The summed E-state index contributed by atoms with van der Waals surface area (Å²) < 4.78 is 5.02. The van der Waals surface area contributed by atoms with Crippen molar-refractivity contribution in [3.63, 3.8) is 0 Å². The van der Waals surface area contributed by atoms with Crippen LogP contribution >= 0.6 is 0 Å². The monoisotopic (exact) mass is 278 g/mol. The van der Waals surface area contributed by atoms with Gasteiger partial charge in [0.15, 0.2) is 0 Å². The zero-order valence-corrected chi connectivity index (χ0v) is 10.8. The molecule has 0 spiro atoms. The Balaban J connectivity index is 2.18. The highest BCUT2D eigenvalue weighted by molar-refractivity contribution is 5.56. The molecule has 1 aromatic heterocycles. The number of aliphatic hydroxyl groups is 1. The lowest BCUT2D eigenvalue weighted by Crippen LogP contribution is -2.36. The SMILES string of the molecule is CC(O)(CN)Cc1nc(-c2ccc([N+](=O)[O-])cc2)no1. The maximum absolute atomic E-state index is 10.6. The number of hydrogen-bond donors (Lipinski definition) is 2. The van der Waals surface area contributed by atoms with Crippen molar-refractivity contribution in [2.45, 2.75) is 18.9 Å². The van der Waals surface area contributed by atoms with E-state index in [0.717, 1.165) is 0 Å². The number of rotatable bonds is 5. The largest absolute Gasteiger partial charge is 0.388 e. The molecule has 0 bridgehead atoms. The molecule has 0 saturated heterocycles. The molecule has 106 valence electrons. The Bertz CT molecular complexity index is 606. The van der Waals surface area contributed by atoms with Crippen LogP contribution in [-0.4, -0.2) is 32.3 Å². The normalized spacial score (nSPS) is 13.9. The third-order valence-electron chi connectivity index (χ3n) is 2.78. The Morgan fingerprint density at radius 2 is 2.10 bits per heavy atom. The number of non-ortho nitro benzene ring substituents is 1. The molecule has 0 amide bonds. The van der Waals surface area contributed by atoms with Gasteiger partial charge in [0.2, 0.25) is 11.7 Å². The lowest BCUT2D eigenvalue weighted by Gasteiger charge is -2.17. The second-order valence-corrected chi connectivity index (χ2v) is 4.69. The smallest absolute Gasteiger partial charge is 0.269 e. The zero-order valence-electron chi connectivity index (χ0n) is 10.8. The minimum atomic E-state index is -1.11. The Hall–Kier alpha value is -2.32. The molecule has 3 N–H and O–H groups in total. The Morgan fingerprint density at radius 3 is 2.65 bits per heavy atom. The number of aromatic nitrogens is 2. The van der Waals surface area contributed by atoms with E-state index in [1.165, 1.54) is 24.3 Å². The highest BCUT2D eigenvalue weighted by Crippen LogP contribution is 2.20. The van der Waals surface area contributed by atoms with E-state index in [0.29, 0.717) is 11.4 Å². The van der Waals surface area contributed by atoms with Gasteiger partial charge >= 0.3 is 0 Å².